The van der Waals surface area contributed by atoms with E-state index in [0.717, 1.165) is 19.1 Å². The molecule has 0 unspecified atom stereocenters. The van der Waals surface area contributed by atoms with Crippen molar-refractivity contribution in [3.63, 3.8) is 0 Å². The lowest BCUT2D eigenvalue weighted by Gasteiger charge is -2.01. The Morgan fingerprint density at radius 1 is 1.29 bits per heavy atom. The summed E-state index contributed by atoms with van der Waals surface area (Å²) in [7, 11) is 0. The molecule has 0 spiro atoms. The highest BCUT2D eigenvalue weighted by Gasteiger charge is 2.09. The first-order chi connectivity index (χ1) is 8.22. The molecule has 2 rings (SSSR count). The van der Waals surface area contributed by atoms with Gasteiger partial charge < -0.3 is 0 Å². The Labute approximate surface area is 112 Å². The van der Waals surface area contributed by atoms with E-state index in [-0.39, 0.29) is 0 Å². The Hall–Kier alpha value is -1.03. The number of nitriles is 1. The van der Waals surface area contributed by atoms with E-state index in [9.17, 15) is 0 Å². The van der Waals surface area contributed by atoms with E-state index in [1.807, 2.05) is 31.4 Å². The molecule has 1 heterocycles. The maximum atomic E-state index is 9.04. The highest BCUT2D eigenvalue weighted by atomic mass is 32.2. The predicted octanol–water partition coefficient (Wildman–Crippen LogP) is 3.59. The normalized spacial score (nSPS) is 10.2. The molecule has 0 saturated carbocycles. The van der Waals surface area contributed by atoms with Crippen LogP contribution in [0.15, 0.2) is 31.8 Å². The summed E-state index contributed by atoms with van der Waals surface area (Å²) in [4.78, 5) is 0.941. The van der Waals surface area contributed by atoms with E-state index >= 15 is 0 Å². The van der Waals surface area contributed by atoms with Crippen molar-refractivity contribution >= 4 is 34.9 Å². The van der Waals surface area contributed by atoms with E-state index in [1.54, 1.807) is 23.1 Å². The molecule has 0 saturated heterocycles. The summed E-state index contributed by atoms with van der Waals surface area (Å²) in [5, 5.41) is 17.2. The van der Waals surface area contributed by atoms with Crippen LogP contribution in [0.4, 0.5) is 0 Å². The van der Waals surface area contributed by atoms with Gasteiger partial charge in [0.25, 0.3) is 0 Å². The molecule has 2 aromatic rings. The third-order valence-corrected chi connectivity index (χ3v) is 5.02. The molecule has 6 heteroatoms. The van der Waals surface area contributed by atoms with Crippen LogP contribution in [0.1, 0.15) is 11.1 Å². The molecule has 0 aliphatic carbocycles. The molecule has 86 valence electrons. The smallest absolute Gasteiger partial charge is 0.179 e. The van der Waals surface area contributed by atoms with Gasteiger partial charge in [0.1, 0.15) is 6.07 Å². The fraction of sp³-hybridized carbons (Fsp3) is 0.182. The molecule has 3 nitrogen and oxygen atoms in total. The summed E-state index contributed by atoms with van der Waals surface area (Å²) in [6, 6.07) is 7.98. The second-order valence-corrected chi connectivity index (χ2v) is 6.57. The summed E-state index contributed by atoms with van der Waals surface area (Å²) in [5.41, 5.74) is 1.82. The Morgan fingerprint density at radius 2 is 2.06 bits per heavy atom. The largest absolute Gasteiger partial charge is 0.192 e. The third-order valence-electron chi connectivity index (χ3n) is 2.02. The summed E-state index contributed by atoms with van der Waals surface area (Å²) in [5.74, 6) is 0. The first-order valence-corrected chi connectivity index (χ1v) is 7.65. The highest BCUT2D eigenvalue weighted by Crippen LogP contribution is 2.34. The van der Waals surface area contributed by atoms with Crippen LogP contribution in [-0.2, 0) is 0 Å². The molecule has 0 aliphatic heterocycles. The van der Waals surface area contributed by atoms with Gasteiger partial charge in [0, 0.05) is 4.90 Å². The highest BCUT2D eigenvalue weighted by molar-refractivity contribution is 8.03. The van der Waals surface area contributed by atoms with Gasteiger partial charge in [-0.15, -0.1) is 10.2 Å². The van der Waals surface area contributed by atoms with Crippen LogP contribution in [-0.4, -0.2) is 16.5 Å². The third kappa shape index (κ3) is 3.00. The lowest BCUT2D eigenvalue weighted by molar-refractivity contribution is 0.955. The van der Waals surface area contributed by atoms with Crippen molar-refractivity contribution in [1.82, 2.24) is 10.2 Å². The SMILES string of the molecule is CSc1nnc(Sc2cc(C)ccc2C#N)s1. The van der Waals surface area contributed by atoms with E-state index < -0.39 is 0 Å². The van der Waals surface area contributed by atoms with Crippen molar-refractivity contribution in [2.45, 2.75) is 20.5 Å². The van der Waals surface area contributed by atoms with Crippen LogP contribution in [0.25, 0.3) is 0 Å². The Kier molecular flexibility index (Phi) is 4.05. The topological polar surface area (TPSA) is 49.6 Å². The van der Waals surface area contributed by atoms with Crippen molar-refractivity contribution in [1.29, 1.82) is 5.26 Å². The molecule has 1 aromatic carbocycles. The van der Waals surface area contributed by atoms with Crippen LogP contribution >= 0.6 is 34.9 Å². The molecule has 0 radical (unpaired) electrons. The zero-order chi connectivity index (χ0) is 12.3. The predicted molar refractivity (Wildman–Crippen MR) is 71.7 cm³/mol. The number of aryl methyl sites for hydroxylation is 1. The zero-order valence-electron chi connectivity index (χ0n) is 9.30. The van der Waals surface area contributed by atoms with Crippen LogP contribution < -0.4 is 0 Å². The van der Waals surface area contributed by atoms with E-state index in [4.69, 9.17) is 5.26 Å². The molecule has 0 aliphatic rings. The van der Waals surface area contributed by atoms with Crippen molar-refractivity contribution in [2.75, 3.05) is 6.26 Å². The van der Waals surface area contributed by atoms with Gasteiger partial charge in [0.05, 0.1) is 5.56 Å². The van der Waals surface area contributed by atoms with Crippen LogP contribution in [0, 0.1) is 18.3 Å². The maximum Gasteiger partial charge on any atom is 0.179 e. The van der Waals surface area contributed by atoms with Gasteiger partial charge in [0.2, 0.25) is 0 Å². The van der Waals surface area contributed by atoms with E-state index in [1.165, 1.54) is 11.8 Å². The summed E-state index contributed by atoms with van der Waals surface area (Å²) in [6.45, 7) is 2.01. The van der Waals surface area contributed by atoms with Gasteiger partial charge in [-0.05, 0) is 30.9 Å². The molecular weight excluding hydrogens is 270 g/mol. The molecule has 0 atom stereocenters. The summed E-state index contributed by atoms with van der Waals surface area (Å²) >= 11 is 4.63. The second-order valence-electron chi connectivity index (χ2n) is 3.25. The quantitative estimate of drug-likeness (QED) is 0.804. The van der Waals surface area contributed by atoms with E-state index in [0.29, 0.717) is 5.56 Å². The number of rotatable bonds is 3. The number of aromatic nitrogens is 2. The Balaban J connectivity index is 2.29. The van der Waals surface area contributed by atoms with Crippen molar-refractivity contribution in [3.8, 4) is 6.07 Å². The van der Waals surface area contributed by atoms with Gasteiger partial charge in [0.15, 0.2) is 8.68 Å². The van der Waals surface area contributed by atoms with Crippen LogP contribution in [0.5, 0.6) is 0 Å². The molecule has 0 fully saturated rings. The van der Waals surface area contributed by atoms with Gasteiger partial charge in [-0.2, -0.15) is 5.26 Å². The monoisotopic (exact) mass is 279 g/mol. The standard InChI is InChI=1S/C11H9N3S3/c1-7-3-4-8(6-12)9(5-7)16-11-14-13-10(15-2)17-11/h3-5H,1-2H3. The molecule has 0 N–H and O–H groups in total. The fourth-order valence-electron chi connectivity index (χ4n) is 1.22. The second kappa shape index (κ2) is 5.54. The average molecular weight is 279 g/mol. The number of thioether (sulfide) groups is 1. The lowest BCUT2D eigenvalue weighted by Crippen LogP contribution is -1.83. The molecule has 0 bridgehead atoms. The minimum absolute atomic E-state index is 0.682. The molecule has 0 amide bonds. The fourth-order valence-corrected chi connectivity index (χ4v) is 3.80. The van der Waals surface area contributed by atoms with Crippen LogP contribution in [0.3, 0.4) is 0 Å². The van der Waals surface area contributed by atoms with E-state index in [2.05, 4.69) is 16.3 Å². The number of hydrogen-bond donors (Lipinski definition) is 0. The average Bonchev–Trinajstić information content (AvgIpc) is 2.77. The van der Waals surface area contributed by atoms with Crippen LogP contribution in [0.2, 0.25) is 0 Å². The van der Waals surface area contributed by atoms with Gasteiger partial charge in [-0.1, -0.05) is 40.9 Å². The van der Waals surface area contributed by atoms with Crippen molar-refractivity contribution < 1.29 is 0 Å². The van der Waals surface area contributed by atoms with Crippen molar-refractivity contribution in [2.24, 2.45) is 0 Å². The van der Waals surface area contributed by atoms with Gasteiger partial charge in [-0.25, -0.2) is 0 Å². The summed E-state index contributed by atoms with van der Waals surface area (Å²) in [6.07, 6.45) is 1.97. The first-order valence-electron chi connectivity index (χ1n) is 4.79. The molecule has 1 aromatic heterocycles. The zero-order valence-corrected chi connectivity index (χ0v) is 11.7. The van der Waals surface area contributed by atoms with Gasteiger partial charge >= 0.3 is 0 Å². The summed E-state index contributed by atoms with van der Waals surface area (Å²) < 4.78 is 1.81. The molecular formula is C11H9N3S3. The Bertz CT molecular complexity index is 572. The minimum Gasteiger partial charge on any atom is -0.192 e. The lowest BCUT2D eigenvalue weighted by atomic mass is 10.2. The first kappa shape index (κ1) is 12.4. The Morgan fingerprint density at radius 3 is 2.71 bits per heavy atom. The van der Waals surface area contributed by atoms with Gasteiger partial charge in [-0.3, -0.25) is 0 Å². The van der Waals surface area contributed by atoms with Crippen molar-refractivity contribution in [3.05, 3.63) is 29.3 Å². The minimum atomic E-state index is 0.682. The number of hydrogen-bond acceptors (Lipinski definition) is 6. The maximum absolute atomic E-state index is 9.04. The number of nitrogens with zero attached hydrogens (tertiary/aromatic N) is 3. The molecule has 17 heavy (non-hydrogen) atoms. The number of benzene rings is 1.